The molecule has 1 unspecified atom stereocenters. The van der Waals surface area contributed by atoms with Crippen LogP contribution in [0.4, 0.5) is 23.2 Å². The minimum absolute atomic E-state index is 0.00480. The number of aliphatic hydroxyl groups excluding tert-OH is 1. The van der Waals surface area contributed by atoms with E-state index in [-0.39, 0.29) is 17.7 Å². The SMILES string of the molecule is NS(=O)(=O)c1cc(NC(O)Cc2ccccc2F)cnc1-n1cc(C(F)(F)F)cn1. The number of anilines is 1. The van der Waals surface area contributed by atoms with Crippen LogP contribution in [0.1, 0.15) is 11.1 Å². The molecular weight excluding hydrogens is 430 g/mol. The minimum atomic E-state index is -4.68. The first-order chi connectivity index (χ1) is 13.9. The first-order valence-electron chi connectivity index (χ1n) is 8.28. The lowest BCUT2D eigenvalue weighted by atomic mass is 10.1. The van der Waals surface area contributed by atoms with E-state index in [9.17, 15) is 31.1 Å². The van der Waals surface area contributed by atoms with Crippen LogP contribution >= 0.6 is 0 Å². The van der Waals surface area contributed by atoms with Crippen LogP contribution < -0.4 is 10.5 Å². The monoisotopic (exact) mass is 445 g/mol. The van der Waals surface area contributed by atoms with Crippen molar-refractivity contribution in [2.24, 2.45) is 5.14 Å². The van der Waals surface area contributed by atoms with E-state index in [1.807, 2.05) is 0 Å². The molecule has 0 radical (unpaired) electrons. The number of nitrogens with zero attached hydrogens (tertiary/aromatic N) is 3. The number of primary sulfonamides is 1. The molecule has 2 aromatic heterocycles. The number of pyridine rings is 1. The van der Waals surface area contributed by atoms with Crippen molar-refractivity contribution in [1.29, 1.82) is 0 Å². The number of halogens is 4. The third kappa shape index (κ3) is 4.93. The van der Waals surface area contributed by atoms with Gasteiger partial charge in [-0.15, -0.1) is 0 Å². The zero-order valence-corrected chi connectivity index (χ0v) is 15.8. The second-order valence-corrected chi connectivity index (χ2v) is 7.75. The summed E-state index contributed by atoms with van der Waals surface area (Å²) in [7, 11) is -4.42. The van der Waals surface area contributed by atoms with Gasteiger partial charge in [0.25, 0.3) is 0 Å². The Kier molecular flexibility index (Phi) is 5.78. The summed E-state index contributed by atoms with van der Waals surface area (Å²) in [6.07, 6.45) is -3.99. The van der Waals surface area contributed by atoms with Crippen molar-refractivity contribution in [2.45, 2.75) is 23.7 Å². The van der Waals surface area contributed by atoms with E-state index in [4.69, 9.17) is 5.14 Å². The Labute approximate surface area is 168 Å². The number of rotatable bonds is 6. The van der Waals surface area contributed by atoms with E-state index < -0.39 is 44.5 Å². The first kappa shape index (κ1) is 21.7. The first-order valence-corrected chi connectivity index (χ1v) is 9.83. The van der Waals surface area contributed by atoms with Gasteiger partial charge in [-0.2, -0.15) is 18.3 Å². The second-order valence-electron chi connectivity index (χ2n) is 6.22. The van der Waals surface area contributed by atoms with Gasteiger partial charge in [-0.1, -0.05) is 18.2 Å². The van der Waals surface area contributed by atoms with Gasteiger partial charge in [-0.3, -0.25) is 0 Å². The van der Waals surface area contributed by atoms with Gasteiger partial charge in [0.1, 0.15) is 16.9 Å². The van der Waals surface area contributed by atoms with Crippen LogP contribution in [0, 0.1) is 5.82 Å². The third-order valence-corrected chi connectivity index (χ3v) is 4.88. The molecule has 3 rings (SSSR count). The van der Waals surface area contributed by atoms with E-state index in [1.165, 1.54) is 18.2 Å². The molecule has 2 heterocycles. The summed E-state index contributed by atoms with van der Waals surface area (Å²) in [4.78, 5) is 3.19. The zero-order valence-electron chi connectivity index (χ0n) is 15.0. The molecule has 160 valence electrons. The van der Waals surface area contributed by atoms with Crippen molar-refractivity contribution in [3.05, 3.63) is 65.9 Å². The highest BCUT2D eigenvalue weighted by Crippen LogP contribution is 2.30. The van der Waals surface area contributed by atoms with Crippen LogP contribution in [0.5, 0.6) is 0 Å². The highest BCUT2D eigenvalue weighted by Gasteiger charge is 2.33. The predicted molar refractivity (Wildman–Crippen MR) is 97.5 cm³/mol. The van der Waals surface area contributed by atoms with Crippen LogP contribution in [-0.4, -0.2) is 34.5 Å². The fourth-order valence-electron chi connectivity index (χ4n) is 2.60. The van der Waals surface area contributed by atoms with E-state index in [2.05, 4.69) is 15.4 Å². The Bertz CT molecular complexity index is 1160. The number of aromatic nitrogens is 3. The molecular formula is C17H15F4N5O3S. The van der Waals surface area contributed by atoms with Gasteiger partial charge in [-0.25, -0.2) is 27.6 Å². The Morgan fingerprint density at radius 1 is 1.23 bits per heavy atom. The number of alkyl halides is 3. The average Bonchev–Trinajstić information content (AvgIpc) is 3.13. The second kappa shape index (κ2) is 8.01. The number of hydrogen-bond acceptors (Lipinski definition) is 6. The normalized spacial score (nSPS) is 13.3. The summed E-state index contributed by atoms with van der Waals surface area (Å²) in [5.41, 5.74) is -0.896. The topological polar surface area (TPSA) is 123 Å². The summed E-state index contributed by atoms with van der Waals surface area (Å²) in [5, 5.41) is 21.3. The molecule has 30 heavy (non-hydrogen) atoms. The Morgan fingerprint density at radius 2 is 1.93 bits per heavy atom. The predicted octanol–water partition coefficient (Wildman–Crippen LogP) is 2.05. The molecule has 0 aliphatic carbocycles. The van der Waals surface area contributed by atoms with E-state index in [1.54, 1.807) is 6.07 Å². The number of nitrogens with two attached hydrogens (primary N) is 1. The lowest BCUT2D eigenvalue weighted by molar-refractivity contribution is -0.137. The molecule has 4 N–H and O–H groups in total. The van der Waals surface area contributed by atoms with Crippen molar-refractivity contribution in [1.82, 2.24) is 14.8 Å². The van der Waals surface area contributed by atoms with Gasteiger partial charge in [0.05, 0.1) is 23.6 Å². The number of sulfonamides is 1. The van der Waals surface area contributed by atoms with Gasteiger partial charge in [0, 0.05) is 12.6 Å². The van der Waals surface area contributed by atoms with E-state index >= 15 is 0 Å². The summed E-state index contributed by atoms with van der Waals surface area (Å²) < 4.78 is 76.6. The maximum Gasteiger partial charge on any atom is 0.419 e. The van der Waals surface area contributed by atoms with Crippen molar-refractivity contribution in [2.75, 3.05) is 5.32 Å². The molecule has 0 spiro atoms. The lowest BCUT2D eigenvalue weighted by Crippen LogP contribution is -2.23. The molecule has 0 saturated carbocycles. The molecule has 0 aliphatic rings. The molecule has 0 fully saturated rings. The highest BCUT2D eigenvalue weighted by atomic mass is 32.2. The van der Waals surface area contributed by atoms with E-state index in [0.717, 1.165) is 12.3 Å². The molecule has 8 nitrogen and oxygen atoms in total. The third-order valence-electron chi connectivity index (χ3n) is 3.97. The number of nitrogens with one attached hydrogen (secondary N) is 1. The van der Waals surface area contributed by atoms with Crippen LogP contribution in [0.3, 0.4) is 0 Å². The summed E-state index contributed by atoms with van der Waals surface area (Å²) in [6, 6.07) is 6.74. The van der Waals surface area contributed by atoms with Gasteiger partial charge in [0.2, 0.25) is 10.0 Å². The van der Waals surface area contributed by atoms with Gasteiger partial charge in [-0.05, 0) is 17.7 Å². The molecule has 1 atom stereocenters. The summed E-state index contributed by atoms with van der Waals surface area (Å²) in [6.45, 7) is 0. The fourth-order valence-corrected chi connectivity index (χ4v) is 3.29. The summed E-state index contributed by atoms with van der Waals surface area (Å²) >= 11 is 0. The largest absolute Gasteiger partial charge is 0.419 e. The molecule has 3 aromatic rings. The van der Waals surface area contributed by atoms with Crippen molar-refractivity contribution < 1.29 is 31.1 Å². The van der Waals surface area contributed by atoms with Crippen molar-refractivity contribution >= 4 is 15.7 Å². The van der Waals surface area contributed by atoms with E-state index in [0.29, 0.717) is 17.1 Å². The van der Waals surface area contributed by atoms with Gasteiger partial charge < -0.3 is 10.4 Å². The molecule has 0 bridgehead atoms. The lowest BCUT2D eigenvalue weighted by Gasteiger charge is -2.16. The fraction of sp³-hybridized carbons (Fsp3) is 0.176. The van der Waals surface area contributed by atoms with Crippen LogP contribution in [0.15, 0.2) is 53.8 Å². The number of hydrogen-bond donors (Lipinski definition) is 3. The molecule has 0 amide bonds. The van der Waals surface area contributed by atoms with Crippen molar-refractivity contribution in [3.8, 4) is 5.82 Å². The number of benzene rings is 1. The Balaban J connectivity index is 1.90. The molecule has 1 aromatic carbocycles. The highest BCUT2D eigenvalue weighted by molar-refractivity contribution is 7.89. The van der Waals surface area contributed by atoms with Crippen LogP contribution in [0.2, 0.25) is 0 Å². The van der Waals surface area contributed by atoms with Crippen LogP contribution in [0.25, 0.3) is 5.82 Å². The Morgan fingerprint density at radius 3 is 2.53 bits per heavy atom. The smallest absolute Gasteiger partial charge is 0.373 e. The van der Waals surface area contributed by atoms with Crippen molar-refractivity contribution in [3.63, 3.8) is 0 Å². The summed E-state index contributed by atoms with van der Waals surface area (Å²) in [5.74, 6) is -0.988. The quantitative estimate of drug-likeness (QED) is 0.394. The maximum absolute atomic E-state index is 13.7. The van der Waals surface area contributed by atoms with Gasteiger partial charge >= 0.3 is 6.18 Å². The zero-order chi connectivity index (χ0) is 22.1. The average molecular weight is 445 g/mol. The maximum atomic E-state index is 13.7. The molecule has 0 aliphatic heterocycles. The standard InChI is InChI=1S/C17H15F4N5O3S/c18-13-4-2-1-3-10(13)5-15(27)25-12-6-14(30(22,28)29)16(23-8-12)26-9-11(7-24-26)17(19,20)21/h1-4,6-9,15,25,27H,5H2,(H2,22,28,29). The molecule has 13 heteroatoms. The van der Waals surface area contributed by atoms with Crippen LogP contribution in [-0.2, 0) is 22.6 Å². The molecule has 0 saturated heterocycles. The number of aliphatic hydroxyl groups is 1. The van der Waals surface area contributed by atoms with Gasteiger partial charge in [0.15, 0.2) is 5.82 Å². The minimum Gasteiger partial charge on any atom is -0.373 e. The Hall–Kier alpha value is -3.03.